The van der Waals surface area contributed by atoms with Gasteiger partial charge in [-0.1, -0.05) is 0 Å². The molecule has 1 fully saturated rings. The number of cyclic esters (lactones) is 1. The van der Waals surface area contributed by atoms with Crippen molar-refractivity contribution in [2.45, 2.75) is 4.90 Å². The van der Waals surface area contributed by atoms with Crippen molar-refractivity contribution < 1.29 is 36.7 Å². The number of rotatable bonds is 6. The Morgan fingerprint density at radius 1 is 1.29 bits per heavy atom. The summed E-state index contributed by atoms with van der Waals surface area (Å²) in [5, 5.41) is 0. The number of imide groups is 1. The van der Waals surface area contributed by atoms with Crippen molar-refractivity contribution in [2.24, 2.45) is 0 Å². The molecule has 0 spiro atoms. The number of carbonyl (C=O) groups is 3. The molecular weight excluding hydrogens is 347 g/mol. The molecule has 1 saturated heterocycles. The first kappa shape index (κ1) is 17.8. The lowest BCUT2D eigenvalue weighted by atomic mass is 10.4. The summed E-state index contributed by atoms with van der Waals surface area (Å²) in [5.74, 6) is -2.39. The molecule has 1 aliphatic heterocycles. The fraction of sp³-hybridized carbons (Fsp3) is 0.308. The zero-order valence-corrected chi connectivity index (χ0v) is 13.0. The van der Waals surface area contributed by atoms with Crippen molar-refractivity contribution >= 4 is 28.0 Å². The molecule has 24 heavy (non-hydrogen) atoms. The van der Waals surface area contributed by atoms with Gasteiger partial charge in [0, 0.05) is 0 Å². The number of sulfonamides is 1. The van der Waals surface area contributed by atoms with Gasteiger partial charge in [0.05, 0.1) is 11.4 Å². The smallest absolute Gasteiger partial charge is 0.416 e. The second-order valence-electron chi connectivity index (χ2n) is 4.60. The van der Waals surface area contributed by atoms with E-state index >= 15 is 0 Å². The van der Waals surface area contributed by atoms with Gasteiger partial charge in [0.15, 0.2) is 6.61 Å². The Bertz CT molecular complexity index is 748. The number of nitrogens with zero attached hydrogens (tertiary/aromatic N) is 1. The summed E-state index contributed by atoms with van der Waals surface area (Å²) >= 11 is 0. The van der Waals surface area contributed by atoms with Gasteiger partial charge in [0.1, 0.15) is 19.0 Å². The topological polar surface area (TPSA) is 119 Å². The molecule has 1 aliphatic rings. The molecular formula is C13H13FN2O7S. The van der Waals surface area contributed by atoms with Crippen LogP contribution in [0.1, 0.15) is 0 Å². The van der Waals surface area contributed by atoms with E-state index in [2.05, 4.69) is 9.47 Å². The van der Waals surface area contributed by atoms with E-state index in [1.807, 2.05) is 4.72 Å². The molecule has 1 aromatic rings. The van der Waals surface area contributed by atoms with E-state index in [1.165, 1.54) is 0 Å². The van der Waals surface area contributed by atoms with Crippen LogP contribution in [0.3, 0.4) is 0 Å². The second kappa shape index (κ2) is 7.36. The molecule has 2 rings (SSSR count). The molecule has 0 unspecified atom stereocenters. The molecule has 0 bridgehead atoms. The summed E-state index contributed by atoms with van der Waals surface area (Å²) < 4.78 is 47.6. The summed E-state index contributed by atoms with van der Waals surface area (Å²) in [4.78, 5) is 34.7. The fourth-order valence-corrected chi connectivity index (χ4v) is 2.71. The van der Waals surface area contributed by atoms with Crippen LogP contribution in [0, 0.1) is 5.82 Å². The van der Waals surface area contributed by atoms with E-state index < -0.39 is 47.0 Å². The third-order valence-electron chi connectivity index (χ3n) is 2.95. The molecule has 1 heterocycles. The number of hydrogen-bond donors (Lipinski definition) is 1. The summed E-state index contributed by atoms with van der Waals surface area (Å²) in [6, 6.07) is 3.98. The van der Waals surface area contributed by atoms with E-state index in [4.69, 9.17) is 0 Å². The number of halogens is 1. The molecule has 130 valence electrons. The Kier molecular flexibility index (Phi) is 5.46. The predicted octanol–water partition coefficient (Wildman–Crippen LogP) is -0.374. The monoisotopic (exact) mass is 360 g/mol. The predicted molar refractivity (Wildman–Crippen MR) is 75.6 cm³/mol. The van der Waals surface area contributed by atoms with Gasteiger partial charge >= 0.3 is 12.1 Å². The van der Waals surface area contributed by atoms with Crippen molar-refractivity contribution in [1.29, 1.82) is 0 Å². The number of carbonyl (C=O) groups excluding carboxylic acids is 3. The highest BCUT2D eigenvalue weighted by atomic mass is 32.2. The number of esters is 1. The first-order chi connectivity index (χ1) is 11.3. The van der Waals surface area contributed by atoms with Crippen LogP contribution >= 0.6 is 0 Å². The minimum atomic E-state index is -4.02. The van der Waals surface area contributed by atoms with E-state index in [0.29, 0.717) is 0 Å². The Balaban J connectivity index is 1.81. The zero-order valence-electron chi connectivity index (χ0n) is 12.2. The normalized spacial score (nSPS) is 14.4. The third kappa shape index (κ3) is 4.49. The van der Waals surface area contributed by atoms with Gasteiger partial charge in [-0.15, -0.1) is 0 Å². The van der Waals surface area contributed by atoms with Gasteiger partial charge < -0.3 is 9.47 Å². The quantitative estimate of drug-likeness (QED) is 0.687. The van der Waals surface area contributed by atoms with Gasteiger partial charge in [0.25, 0.3) is 5.91 Å². The Labute approximate surface area is 136 Å². The van der Waals surface area contributed by atoms with Crippen molar-refractivity contribution in [2.75, 3.05) is 26.3 Å². The zero-order chi connectivity index (χ0) is 17.7. The molecule has 0 atom stereocenters. The minimum Gasteiger partial charge on any atom is -0.455 e. The highest BCUT2D eigenvalue weighted by Crippen LogP contribution is 2.09. The van der Waals surface area contributed by atoms with Crippen molar-refractivity contribution in [3.05, 3.63) is 30.1 Å². The minimum absolute atomic E-state index is 0.0619. The maximum absolute atomic E-state index is 12.8. The molecule has 2 amide bonds. The van der Waals surface area contributed by atoms with E-state index in [0.717, 1.165) is 29.2 Å². The lowest BCUT2D eigenvalue weighted by Crippen LogP contribution is -2.37. The highest BCUT2D eigenvalue weighted by molar-refractivity contribution is 7.89. The maximum Gasteiger partial charge on any atom is 0.416 e. The SMILES string of the molecule is O=C(CNS(=O)(=O)c1ccc(F)cc1)OCC(=O)N1CCOC1=O. The van der Waals surface area contributed by atoms with Crippen molar-refractivity contribution in [3.63, 3.8) is 0 Å². The summed E-state index contributed by atoms with van der Waals surface area (Å²) in [6.07, 6.45) is -0.826. The largest absolute Gasteiger partial charge is 0.455 e. The average Bonchev–Trinajstić information content (AvgIpc) is 2.97. The van der Waals surface area contributed by atoms with Gasteiger partial charge in [-0.05, 0) is 24.3 Å². The summed E-state index contributed by atoms with van der Waals surface area (Å²) in [5.41, 5.74) is 0. The standard InChI is InChI=1S/C13H13FN2O7S/c14-9-1-3-10(4-2-9)24(20,21)15-7-12(18)23-8-11(17)16-5-6-22-13(16)19/h1-4,15H,5-8H2. The Morgan fingerprint density at radius 2 is 1.96 bits per heavy atom. The van der Waals surface area contributed by atoms with E-state index in [1.54, 1.807) is 0 Å². The van der Waals surface area contributed by atoms with Crippen LogP contribution in [-0.4, -0.2) is 57.6 Å². The molecule has 0 aromatic heterocycles. The lowest BCUT2D eigenvalue weighted by Gasteiger charge is -2.11. The highest BCUT2D eigenvalue weighted by Gasteiger charge is 2.29. The fourth-order valence-electron chi connectivity index (χ4n) is 1.74. The number of amides is 2. The molecule has 0 aliphatic carbocycles. The molecule has 11 heteroatoms. The van der Waals surface area contributed by atoms with Crippen LogP contribution in [0.5, 0.6) is 0 Å². The molecule has 0 saturated carbocycles. The van der Waals surface area contributed by atoms with Gasteiger partial charge in [0.2, 0.25) is 10.0 Å². The average molecular weight is 360 g/mol. The Hall–Kier alpha value is -2.53. The van der Waals surface area contributed by atoms with Gasteiger partial charge in [-0.2, -0.15) is 4.72 Å². The first-order valence-corrected chi connectivity index (χ1v) is 8.16. The van der Waals surface area contributed by atoms with Crippen LogP contribution in [0.15, 0.2) is 29.2 Å². The number of benzene rings is 1. The first-order valence-electron chi connectivity index (χ1n) is 6.67. The summed E-state index contributed by atoms with van der Waals surface area (Å²) in [6.45, 7) is -1.31. The molecule has 9 nitrogen and oxygen atoms in total. The van der Waals surface area contributed by atoms with Gasteiger partial charge in [-0.25, -0.2) is 22.5 Å². The van der Waals surface area contributed by atoms with E-state index in [-0.39, 0.29) is 18.0 Å². The third-order valence-corrected chi connectivity index (χ3v) is 4.37. The number of hydrogen-bond acceptors (Lipinski definition) is 7. The van der Waals surface area contributed by atoms with Crippen molar-refractivity contribution in [1.82, 2.24) is 9.62 Å². The molecule has 0 radical (unpaired) electrons. The van der Waals surface area contributed by atoms with Crippen LogP contribution in [0.4, 0.5) is 9.18 Å². The van der Waals surface area contributed by atoms with Crippen LogP contribution in [0.25, 0.3) is 0 Å². The summed E-state index contributed by atoms with van der Waals surface area (Å²) in [7, 11) is -4.02. The molecule has 1 aromatic carbocycles. The second-order valence-corrected chi connectivity index (χ2v) is 6.37. The Morgan fingerprint density at radius 3 is 2.54 bits per heavy atom. The number of ether oxygens (including phenoxy) is 2. The van der Waals surface area contributed by atoms with Crippen molar-refractivity contribution in [3.8, 4) is 0 Å². The van der Waals surface area contributed by atoms with Gasteiger partial charge in [-0.3, -0.25) is 9.59 Å². The van der Waals surface area contributed by atoms with E-state index in [9.17, 15) is 27.2 Å². The van der Waals surface area contributed by atoms with Crippen LogP contribution in [0.2, 0.25) is 0 Å². The maximum atomic E-state index is 12.8. The van der Waals surface area contributed by atoms with Crippen LogP contribution < -0.4 is 4.72 Å². The number of nitrogens with one attached hydrogen (secondary N) is 1. The molecule has 1 N–H and O–H groups in total. The lowest BCUT2D eigenvalue weighted by molar-refractivity contribution is -0.149. The van der Waals surface area contributed by atoms with Crippen LogP contribution in [-0.2, 0) is 29.1 Å².